The van der Waals surface area contributed by atoms with Gasteiger partial charge >= 0.3 is 18.4 Å². The average Bonchev–Trinajstić information content (AvgIpc) is 3.23. The lowest BCUT2D eigenvalue weighted by Gasteiger charge is -2.57. The molecule has 3 N–H and O–H groups in total. The smallest absolute Gasteiger partial charge is 0.395 e. The minimum atomic E-state index is -5.10. The van der Waals surface area contributed by atoms with Gasteiger partial charge in [0.1, 0.15) is 0 Å². The van der Waals surface area contributed by atoms with E-state index in [2.05, 4.69) is 5.32 Å². The van der Waals surface area contributed by atoms with Gasteiger partial charge in [-0.15, -0.1) is 0 Å². The van der Waals surface area contributed by atoms with Crippen LogP contribution in [0.25, 0.3) is 0 Å². The molecular formula is C28H31F6N3O4. The van der Waals surface area contributed by atoms with E-state index < -0.39 is 71.5 Å². The highest BCUT2D eigenvalue weighted by Crippen LogP contribution is 2.55. The number of alkyl halides is 6. The zero-order valence-corrected chi connectivity index (χ0v) is 22.6. The highest BCUT2D eigenvalue weighted by atomic mass is 19.4. The molecule has 2 saturated heterocycles. The van der Waals surface area contributed by atoms with Crippen molar-refractivity contribution >= 4 is 11.9 Å². The van der Waals surface area contributed by atoms with Gasteiger partial charge in [-0.1, -0.05) is 31.2 Å². The third kappa shape index (κ3) is 4.82. The number of amides is 3. The number of benzene rings is 2. The van der Waals surface area contributed by atoms with Crippen LogP contribution in [-0.4, -0.2) is 71.3 Å². The number of nitrogens with zero attached hydrogens (tertiary/aromatic N) is 2. The number of piperazine rings is 1. The Labute approximate surface area is 232 Å². The Balaban J connectivity index is 2.11. The predicted molar refractivity (Wildman–Crippen MR) is 136 cm³/mol. The fraction of sp³-hybridized carbons (Fsp3) is 0.500. The Kier molecular flexibility index (Phi) is 7.85. The second-order valence-electron chi connectivity index (χ2n) is 10.7. The first-order chi connectivity index (χ1) is 19.1. The number of hydrogen-bond donors (Lipinski definition) is 3. The number of aliphatic hydroxyl groups is 2. The molecule has 2 aromatic rings. The lowest BCUT2D eigenvalue weighted by molar-refractivity contribution is -0.144. The summed E-state index contributed by atoms with van der Waals surface area (Å²) in [7, 11) is 1.35. The van der Waals surface area contributed by atoms with Crippen LogP contribution in [0.1, 0.15) is 47.1 Å². The Morgan fingerprint density at radius 3 is 2.07 bits per heavy atom. The van der Waals surface area contributed by atoms with Crippen molar-refractivity contribution in [1.82, 2.24) is 15.1 Å². The minimum absolute atomic E-state index is 0.0184. The third-order valence-electron chi connectivity index (χ3n) is 8.61. The highest BCUT2D eigenvalue weighted by Gasteiger charge is 2.65. The van der Waals surface area contributed by atoms with Gasteiger partial charge in [0.25, 0.3) is 0 Å². The van der Waals surface area contributed by atoms with Crippen molar-refractivity contribution < 1.29 is 46.1 Å². The maximum atomic E-state index is 13.9. The van der Waals surface area contributed by atoms with Crippen LogP contribution in [0.5, 0.6) is 0 Å². The molecule has 4 rings (SSSR count). The summed E-state index contributed by atoms with van der Waals surface area (Å²) in [5.41, 5.74) is -5.70. The standard InChI is InChI=1S/C28H31F6N3O4/c1-16-6-4-5-7-21(16)26(17(2)18-10-19(27(29,30)31)12-20(11-18)28(32,33)34)22-13-25(14-38,15-39)23(40)36(22)8-9-37(26)24(41)35-3/h4-7,10-12,17,22,38-39H,8-9,13-15H2,1-3H3,(H,35,41)/t17-,22?,26?/m1/s1. The van der Waals surface area contributed by atoms with Crippen LogP contribution >= 0.6 is 0 Å². The molecule has 2 aliphatic rings. The number of fused-ring (bicyclic) bond motifs is 1. The second-order valence-corrected chi connectivity index (χ2v) is 10.7. The van der Waals surface area contributed by atoms with E-state index in [1.165, 1.54) is 23.8 Å². The number of carbonyl (C=O) groups excluding carboxylic acids is 2. The van der Waals surface area contributed by atoms with Gasteiger partial charge < -0.3 is 25.3 Å². The Morgan fingerprint density at radius 2 is 1.59 bits per heavy atom. The Morgan fingerprint density at radius 1 is 1.02 bits per heavy atom. The van der Waals surface area contributed by atoms with Gasteiger partial charge in [-0.05, 0) is 48.2 Å². The molecule has 0 aromatic heterocycles. The summed E-state index contributed by atoms with van der Waals surface area (Å²) in [5.74, 6) is -1.84. The highest BCUT2D eigenvalue weighted by molar-refractivity contribution is 5.87. The van der Waals surface area contributed by atoms with Crippen LogP contribution in [0.3, 0.4) is 0 Å². The Bertz CT molecular complexity index is 1290. The van der Waals surface area contributed by atoms with Gasteiger partial charge in [-0.2, -0.15) is 26.3 Å². The van der Waals surface area contributed by atoms with E-state index in [0.29, 0.717) is 23.3 Å². The molecule has 0 aliphatic carbocycles. The molecule has 41 heavy (non-hydrogen) atoms. The number of rotatable bonds is 5. The van der Waals surface area contributed by atoms with E-state index in [4.69, 9.17) is 0 Å². The maximum absolute atomic E-state index is 13.9. The molecule has 0 radical (unpaired) electrons. The number of hydrogen-bond acceptors (Lipinski definition) is 4. The van der Waals surface area contributed by atoms with E-state index in [0.717, 1.165) is 0 Å². The van der Waals surface area contributed by atoms with Crippen LogP contribution in [0.2, 0.25) is 0 Å². The van der Waals surface area contributed by atoms with Crippen LogP contribution in [0, 0.1) is 12.3 Å². The largest absolute Gasteiger partial charge is 0.416 e. The topological polar surface area (TPSA) is 93.1 Å². The van der Waals surface area contributed by atoms with Gasteiger partial charge in [0, 0.05) is 26.1 Å². The lowest BCUT2D eigenvalue weighted by Crippen LogP contribution is -2.69. The summed E-state index contributed by atoms with van der Waals surface area (Å²) in [6.45, 7) is 1.52. The van der Waals surface area contributed by atoms with Gasteiger partial charge in [0.15, 0.2) is 0 Å². The molecule has 7 nitrogen and oxygen atoms in total. The number of halogens is 6. The number of carbonyl (C=O) groups is 2. The summed E-state index contributed by atoms with van der Waals surface area (Å²) in [6.07, 6.45) is -10.4. The second kappa shape index (κ2) is 10.5. The molecule has 224 valence electrons. The van der Waals surface area contributed by atoms with Crippen LogP contribution < -0.4 is 5.32 Å². The molecule has 0 saturated carbocycles. The fourth-order valence-electron chi connectivity index (χ4n) is 6.54. The van der Waals surface area contributed by atoms with Crippen molar-refractivity contribution in [3.8, 4) is 0 Å². The molecule has 2 aliphatic heterocycles. The Hall–Kier alpha value is -3.32. The monoisotopic (exact) mass is 587 g/mol. The number of aliphatic hydroxyl groups excluding tert-OH is 2. The third-order valence-corrected chi connectivity index (χ3v) is 8.61. The van der Waals surface area contributed by atoms with E-state index >= 15 is 0 Å². The summed E-state index contributed by atoms with van der Waals surface area (Å²) < 4.78 is 83.4. The van der Waals surface area contributed by atoms with Crippen LogP contribution in [0.15, 0.2) is 42.5 Å². The molecule has 0 spiro atoms. The molecule has 0 bridgehead atoms. The molecule has 2 heterocycles. The van der Waals surface area contributed by atoms with Crippen molar-refractivity contribution in [2.75, 3.05) is 33.4 Å². The van der Waals surface area contributed by atoms with Crippen LogP contribution in [-0.2, 0) is 22.7 Å². The summed E-state index contributed by atoms with van der Waals surface area (Å²) in [6, 6.07) is 6.31. The molecule has 3 atom stereocenters. The van der Waals surface area contributed by atoms with Gasteiger partial charge in [0.2, 0.25) is 5.91 Å². The van der Waals surface area contributed by atoms with Crippen molar-refractivity contribution in [2.24, 2.45) is 5.41 Å². The first-order valence-electron chi connectivity index (χ1n) is 13.0. The molecule has 2 aromatic carbocycles. The summed E-state index contributed by atoms with van der Waals surface area (Å²) in [4.78, 5) is 29.8. The average molecular weight is 588 g/mol. The first kappa shape index (κ1) is 30.6. The van der Waals surface area contributed by atoms with Gasteiger partial charge in [-0.3, -0.25) is 4.79 Å². The SMILES string of the molecule is CNC(=O)N1CCN2C(=O)C(CO)(CO)CC2C1(c1ccccc1C)[C@H](C)c1cc(C(F)(F)F)cc(C(F)(F)F)c1. The predicted octanol–water partition coefficient (Wildman–Crippen LogP) is 4.26. The van der Waals surface area contributed by atoms with Crippen molar-refractivity contribution in [2.45, 2.75) is 50.1 Å². The van der Waals surface area contributed by atoms with Crippen molar-refractivity contribution in [1.29, 1.82) is 0 Å². The molecule has 3 amide bonds. The molecule has 2 unspecified atom stereocenters. The normalized spacial score (nSPS) is 23.4. The van der Waals surface area contributed by atoms with Gasteiger partial charge in [0.05, 0.1) is 41.3 Å². The fourth-order valence-corrected chi connectivity index (χ4v) is 6.54. The first-order valence-corrected chi connectivity index (χ1v) is 13.0. The zero-order valence-electron chi connectivity index (χ0n) is 22.6. The molecule has 13 heteroatoms. The van der Waals surface area contributed by atoms with E-state index in [-0.39, 0.29) is 31.1 Å². The molecular weight excluding hydrogens is 556 g/mol. The number of nitrogens with one attached hydrogen (secondary N) is 1. The molecule has 2 fully saturated rings. The van der Waals surface area contributed by atoms with E-state index in [9.17, 15) is 46.1 Å². The van der Waals surface area contributed by atoms with E-state index in [1.807, 2.05) is 0 Å². The van der Waals surface area contributed by atoms with Crippen LogP contribution in [0.4, 0.5) is 31.1 Å². The lowest BCUT2D eigenvalue weighted by atomic mass is 9.65. The zero-order chi connectivity index (χ0) is 30.5. The van der Waals surface area contributed by atoms with Crippen molar-refractivity contribution in [3.05, 3.63) is 70.3 Å². The quantitative estimate of drug-likeness (QED) is 0.456. The maximum Gasteiger partial charge on any atom is 0.416 e. The van der Waals surface area contributed by atoms with E-state index in [1.54, 1.807) is 31.2 Å². The number of urea groups is 1. The summed E-state index contributed by atoms with van der Waals surface area (Å²) in [5, 5.41) is 22.9. The number of aryl methyl sites for hydroxylation is 1. The summed E-state index contributed by atoms with van der Waals surface area (Å²) >= 11 is 0. The van der Waals surface area contributed by atoms with Gasteiger partial charge in [-0.25, -0.2) is 4.79 Å². The minimum Gasteiger partial charge on any atom is -0.395 e. The van der Waals surface area contributed by atoms with Crippen molar-refractivity contribution in [3.63, 3.8) is 0 Å².